The van der Waals surface area contributed by atoms with Crippen LogP contribution in [-0.2, 0) is 4.79 Å². The maximum Gasteiger partial charge on any atom is 0.244 e. The predicted octanol–water partition coefficient (Wildman–Crippen LogP) is 3.01. The molecule has 1 aromatic rings. The van der Waals surface area contributed by atoms with Crippen LogP contribution in [0, 0.1) is 9.49 Å². The average Bonchev–Trinajstić information content (AvgIpc) is 3.05. The van der Waals surface area contributed by atoms with Gasteiger partial charge in [-0.1, -0.05) is 11.6 Å². The number of anilines is 1. The number of halogens is 2. The van der Waals surface area contributed by atoms with Crippen LogP contribution in [-0.4, -0.2) is 11.4 Å². The van der Waals surface area contributed by atoms with Crippen LogP contribution in [0.1, 0.15) is 19.8 Å². The Kier molecular flexibility index (Phi) is 3.66. The second-order valence-corrected chi connectivity index (χ2v) is 6.29. The van der Waals surface area contributed by atoms with Gasteiger partial charge in [-0.3, -0.25) is 4.79 Å². The van der Waals surface area contributed by atoms with E-state index in [1.165, 1.54) is 0 Å². The number of carbonyl (C=O) groups is 1. The zero-order valence-electron chi connectivity index (χ0n) is 9.47. The van der Waals surface area contributed by atoms with E-state index in [0.717, 1.165) is 16.4 Å². The SMILES string of the molecule is CC(N)(C(=O)Nc1ccc(I)cc1Cl)C1CC1. The molecule has 2 rings (SSSR count). The quantitative estimate of drug-likeness (QED) is 0.810. The van der Waals surface area contributed by atoms with Gasteiger partial charge in [-0.15, -0.1) is 0 Å². The molecular formula is C12H14ClIN2O. The molecule has 1 amide bonds. The van der Waals surface area contributed by atoms with E-state index in [-0.39, 0.29) is 5.91 Å². The molecule has 0 aliphatic heterocycles. The molecule has 92 valence electrons. The maximum atomic E-state index is 12.1. The number of hydrogen-bond donors (Lipinski definition) is 2. The van der Waals surface area contributed by atoms with Crippen LogP contribution in [0.4, 0.5) is 5.69 Å². The van der Waals surface area contributed by atoms with Crippen molar-refractivity contribution in [2.45, 2.75) is 25.3 Å². The van der Waals surface area contributed by atoms with E-state index in [2.05, 4.69) is 27.9 Å². The highest BCUT2D eigenvalue weighted by molar-refractivity contribution is 14.1. The van der Waals surface area contributed by atoms with Crippen LogP contribution in [0.5, 0.6) is 0 Å². The summed E-state index contributed by atoms with van der Waals surface area (Å²) in [6, 6.07) is 5.50. The second-order valence-electron chi connectivity index (χ2n) is 4.64. The number of benzene rings is 1. The lowest BCUT2D eigenvalue weighted by Crippen LogP contribution is -2.50. The Hall–Kier alpha value is -0.330. The zero-order valence-corrected chi connectivity index (χ0v) is 12.4. The average molecular weight is 365 g/mol. The molecule has 1 saturated carbocycles. The summed E-state index contributed by atoms with van der Waals surface area (Å²) in [5, 5.41) is 3.34. The Balaban J connectivity index is 2.12. The van der Waals surface area contributed by atoms with Gasteiger partial charge in [-0.2, -0.15) is 0 Å². The number of hydrogen-bond acceptors (Lipinski definition) is 2. The Bertz CT molecular complexity index is 458. The Morgan fingerprint density at radius 3 is 2.76 bits per heavy atom. The molecular weight excluding hydrogens is 351 g/mol. The first kappa shape index (κ1) is 13.1. The molecule has 0 bridgehead atoms. The van der Waals surface area contributed by atoms with Crippen molar-refractivity contribution in [1.82, 2.24) is 0 Å². The van der Waals surface area contributed by atoms with Crippen molar-refractivity contribution in [3.8, 4) is 0 Å². The van der Waals surface area contributed by atoms with Crippen LogP contribution >= 0.6 is 34.2 Å². The molecule has 0 radical (unpaired) electrons. The molecule has 1 aromatic carbocycles. The van der Waals surface area contributed by atoms with Gasteiger partial charge in [0.1, 0.15) is 0 Å². The fourth-order valence-corrected chi connectivity index (χ4v) is 2.62. The van der Waals surface area contributed by atoms with Gasteiger partial charge >= 0.3 is 0 Å². The normalized spacial score (nSPS) is 18.6. The largest absolute Gasteiger partial charge is 0.323 e. The highest BCUT2D eigenvalue weighted by atomic mass is 127. The smallest absolute Gasteiger partial charge is 0.244 e. The summed E-state index contributed by atoms with van der Waals surface area (Å²) in [6.07, 6.45) is 2.06. The van der Waals surface area contributed by atoms with Crippen molar-refractivity contribution in [2.24, 2.45) is 11.7 Å². The Labute approximate surface area is 119 Å². The third-order valence-corrected chi connectivity index (χ3v) is 4.08. The third-order valence-electron chi connectivity index (χ3n) is 3.09. The van der Waals surface area contributed by atoms with Gasteiger partial charge in [0, 0.05) is 3.57 Å². The molecule has 3 nitrogen and oxygen atoms in total. The fourth-order valence-electron chi connectivity index (χ4n) is 1.72. The van der Waals surface area contributed by atoms with Gasteiger partial charge in [-0.25, -0.2) is 0 Å². The minimum Gasteiger partial charge on any atom is -0.323 e. The molecule has 0 heterocycles. The van der Waals surface area contributed by atoms with Crippen molar-refractivity contribution in [3.05, 3.63) is 26.8 Å². The van der Waals surface area contributed by atoms with E-state index in [9.17, 15) is 4.79 Å². The standard InChI is InChI=1S/C12H14ClIN2O/c1-12(15,7-2-3-7)11(17)16-10-5-4-8(14)6-9(10)13/h4-7H,2-3,15H2,1H3,(H,16,17). The maximum absolute atomic E-state index is 12.1. The number of carbonyl (C=O) groups excluding carboxylic acids is 1. The lowest BCUT2D eigenvalue weighted by Gasteiger charge is -2.23. The lowest BCUT2D eigenvalue weighted by molar-refractivity contribution is -0.121. The first-order valence-corrected chi connectivity index (χ1v) is 6.92. The van der Waals surface area contributed by atoms with E-state index in [1.54, 1.807) is 13.0 Å². The topological polar surface area (TPSA) is 55.1 Å². The van der Waals surface area contributed by atoms with E-state index >= 15 is 0 Å². The van der Waals surface area contributed by atoms with Gasteiger partial charge in [-0.05, 0) is 66.5 Å². The summed E-state index contributed by atoms with van der Waals surface area (Å²) in [5.74, 6) is 0.133. The third kappa shape index (κ3) is 2.92. The highest BCUT2D eigenvalue weighted by Crippen LogP contribution is 2.38. The van der Waals surface area contributed by atoms with Crippen molar-refractivity contribution in [2.75, 3.05) is 5.32 Å². The summed E-state index contributed by atoms with van der Waals surface area (Å²) >= 11 is 8.23. The van der Waals surface area contributed by atoms with Crippen LogP contribution in [0.2, 0.25) is 5.02 Å². The molecule has 1 aliphatic rings. The summed E-state index contributed by atoms with van der Waals surface area (Å²) < 4.78 is 1.03. The van der Waals surface area contributed by atoms with Crippen molar-refractivity contribution in [1.29, 1.82) is 0 Å². The van der Waals surface area contributed by atoms with Crippen molar-refractivity contribution in [3.63, 3.8) is 0 Å². The Morgan fingerprint density at radius 1 is 1.59 bits per heavy atom. The van der Waals surface area contributed by atoms with Gasteiger partial charge in [0.15, 0.2) is 0 Å². The van der Waals surface area contributed by atoms with Gasteiger partial charge in [0.2, 0.25) is 5.91 Å². The molecule has 17 heavy (non-hydrogen) atoms. The Morgan fingerprint density at radius 2 is 2.24 bits per heavy atom. The minimum absolute atomic E-state index is 0.164. The summed E-state index contributed by atoms with van der Waals surface area (Å²) in [6.45, 7) is 1.78. The molecule has 1 atom stereocenters. The lowest BCUT2D eigenvalue weighted by atomic mass is 9.96. The van der Waals surface area contributed by atoms with Crippen LogP contribution < -0.4 is 11.1 Å². The first-order chi connectivity index (χ1) is 7.91. The molecule has 0 spiro atoms. The van der Waals surface area contributed by atoms with Crippen LogP contribution in [0.3, 0.4) is 0 Å². The summed E-state index contributed by atoms with van der Waals surface area (Å²) in [4.78, 5) is 12.1. The molecule has 0 saturated heterocycles. The monoisotopic (exact) mass is 364 g/mol. The summed E-state index contributed by atoms with van der Waals surface area (Å²) in [7, 11) is 0. The molecule has 3 N–H and O–H groups in total. The molecule has 1 unspecified atom stereocenters. The fraction of sp³-hybridized carbons (Fsp3) is 0.417. The minimum atomic E-state index is -0.799. The van der Waals surface area contributed by atoms with Crippen molar-refractivity contribution >= 4 is 45.8 Å². The van der Waals surface area contributed by atoms with Gasteiger partial charge in [0.05, 0.1) is 16.2 Å². The number of nitrogens with two attached hydrogens (primary N) is 1. The van der Waals surface area contributed by atoms with Gasteiger partial charge < -0.3 is 11.1 Å². The van der Waals surface area contributed by atoms with E-state index in [4.69, 9.17) is 17.3 Å². The van der Waals surface area contributed by atoms with E-state index in [1.807, 2.05) is 12.1 Å². The number of rotatable bonds is 3. The summed E-state index contributed by atoms with van der Waals surface area (Å²) in [5.41, 5.74) is 5.86. The number of nitrogens with one attached hydrogen (secondary N) is 1. The van der Waals surface area contributed by atoms with Crippen LogP contribution in [0.25, 0.3) is 0 Å². The van der Waals surface area contributed by atoms with Crippen LogP contribution in [0.15, 0.2) is 18.2 Å². The molecule has 0 aromatic heterocycles. The molecule has 1 fully saturated rings. The van der Waals surface area contributed by atoms with Gasteiger partial charge in [0.25, 0.3) is 0 Å². The predicted molar refractivity (Wildman–Crippen MR) is 78.1 cm³/mol. The first-order valence-electron chi connectivity index (χ1n) is 5.46. The van der Waals surface area contributed by atoms with E-state index in [0.29, 0.717) is 16.6 Å². The molecule has 5 heteroatoms. The van der Waals surface area contributed by atoms with E-state index < -0.39 is 5.54 Å². The molecule has 1 aliphatic carbocycles. The second kappa shape index (κ2) is 4.74. The number of amides is 1. The highest BCUT2D eigenvalue weighted by Gasteiger charge is 2.44. The van der Waals surface area contributed by atoms with Crippen molar-refractivity contribution < 1.29 is 4.79 Å². The zero-order chi connectivity index (χ0) is 12.6.